The number of halogens is 3. The number of alkyl halides is 3. The summed E-state index contributed by atoms with van der Waals surface area (Å²) in [6, 6.07) is 21.6. The molecular formula is C27H23F3N4OS. The van der Waals surface area contributed by atoms with E-state index >= 15 is 0 Å². The summed E-state index contributed by atoms with van der Waals surface area (Å²) >= 11 is 5.76. The maximum absolute atomic E-state index is 13.5. The van der Waals surface area contributed by atoms with Gasteiger partial charge < -0.3 is 19.5 Å². The number of hydrogen-bond donors (Lipinski definition) is 1. The highest BCUT2D eigenvalue weighted by molar-refractivity contribution is 7.80. The van der Waals surface area contributed by atoms with Crippen LogP contribution in [0.1, 0.15) is 36.0 Å². The lowest BCUT2D eigenvalue weighted by molar-refractivity contribution is -0.137. The SMILES string of the molecule is CCOc1ccc(N2C(=S)NC(c3ccccn3)C2c2cccn2-c2cccc(C(F)(F)F)c2)cc1. The number of ether oxygens (including phenoxy) is 1. The molecule has 2 aromatic carbocycles. The summed E-state index contributed by atoms with van der Waals surface area (Å²) in [5, 5.41) is 3.88. The third-order valence-corrected chi connectivity index (χ3v) is 6.37. The Morgan fingerprint density at radius 2 is 1.78 bits per heavy atom. The van der Waals surface area contributed by atoms with Crippen LogP contribution in [0.5, 0.6) is 5.75 Å². The number of hydrogen-bond acceptors (Lipinski definition) is 3. The van der Waals surface area contributed by atoms with Crippen molar-refractivity contribution >= 4 is 23.0 Å². The highest BCUT2D eigenvalue weighted by Gasteiger charge is 2.42. The Morgan fingerprint density at radius 3 is 2.47 bits per heavy atom. The lowest BCUT2D eigenvalue weighted by atomic mass is 10.0. The van der Waals surface area contributed by atoms with Crippen LogP contribution in [0, 0.1) is 0 Å². The van der Waals surface area contributed by atoms with E-state index in [0.29, 0.717) is 17.4 Å². The number of anilines is 1. The number of pyridine rings is 1. The van der Waals surface area contributed by atoms with Gasteiger partial charge in [0.2, 0.25) is 0 Å². The summed E-state index contributed by atoms with van der Waals surface area (Å²) in [5.74, 6) is 0.740. The zero-order chi connectivity index (χ0) is 25.3. The van der Waals surface area contributed by atoms with Gasteiger partial charge in [0.15, 0.2) is 5.11 Å². The van der Waals surface area contributed by atoms with E-state index in [-0.39, 0.29) is 12.1 Å². The van der Waals surface area contributed by atoms with Gasteiger partial charge in [0, 0.05) is 29.5 Å². The largest absolute Gasteiger partial charge is 0.494 e. The Hall–Kier alpha value is -3.85. The van der Waals surface area contributed by atoms with E-state index < -0.39 is 11.7 Å². The maximum atomic E-state index is 13.5. The van der Waals surface area contributed by atoms with Crippen molar-refractivity contribution < 1.29 is 17.9 Å². The molecule has 184 valence electrons. The molecule has 1 fully saturated rings. The molecule has 0 bridgehead atoms. The highest BCUT2D eigenvalue weighted by atomic mass is 32.1. The van der Waals surface area contributed by atoms with E-state index in [2.05, 4.69) is 10.3 Å². The first-order valence-corrected chi connectivity index (χ1v) is 11.9. The molecule has 2 atom stereocenters. The lowest BCUT2D eigenvalue weighted by Gasteiger charge is -2.29. The van der Waals surface area contributed by atoms with Crippen molar-refractivity contribution in [2.75, 3.05) is 11.5 Å². The first-order valence-electron chi connectivity index (χ1n) is 11.4. The molecule has 2 aromatic heterocycles. The molecule has 0 radical (unpaired) electrons. The second-order valence-electron chi connectivity index (χ2n) is 8.27. The second kappa shape index (κ2) is 9.66. The summed E-state index contributed by atoms with van der Waals surface area (Å²) < 4.78 is 47.7. The smallest absolute Gasteiger partial charge is 0.416 e. The number of nitrogens with one attached hydrogen (secondary N) is 1. The average Bonchev–Trinajstić information content (AvgIpc) is 3.49. The Balaban J connectivity index is 1.62. The predicted molar refractivity (Wildman–Crippen MR) is 136 cm³/mol. The van der Waals surface area contributed by atoms with Gasteiger partial charge in [-0.25, -0.2) is 0 Å². The second-order valence-corrected chi connectivity index (χ2v) is 8.66. The van der Waals surface area contributed by atoms with Crippen LogP contribution in [-0.2, 0) is 6.18 Å². The fourth-order valence-corrected chi connectivity index (χ4v) is 4.85. The number of nitrogens with zero attached hydrogens (tertiary/aromatic N) is 3. The lowest BCUT2D eigenvalue weighted by Crippen LogP contribution is -2.30. The summed E-state index contributed by atoms with van der Waals surface area (Å²) in [6.45, 7) is 2.47. The third kappa shape index (κ3) is 4.54. The topological polar surface area (TPSA) is 42.3 Å². The normalized spacial score (nSPS) is 17.8. The third-order valence-electron chi connectivity index (χ3n) is 6.06. The van der Waals surface area contributed by atoms with E-state index in [4.69, 9.17) is 17.0 Å². The zero-order valence-electron chi connectivity index (χ0n) is 19.3. The van der Waals surface area contributed by atoms with Crippen molar-refractivity contribution in [3.63, 3.8) is 0 Å². The van der Waals surface area contributed by atoms with Crippen LogP contribution < -0.4 is 15.0 Å². The fourth-order valence-electron chi connectivity index (χ4n) is 4.51. The van der Waals surface area contributed by atoms with Gasteiger partial charge in [0.05, 0.1) is 23.9 Å². The van der Waals surface area contributed by atoms with Gasteiger partial charge in [-0.05, 0) is 85.9 Å². The number of benzene rings is 2. The van der Waals surface area contributed by atoms with Crippen molar-refractivity contribution in [3.8, 4) is 11.4 Å². The van der Waals surface area contributed by atoms with Crippen molar-refractivity contribution in [2.45, 2.75) is 25.2 Å². The molecule has 1 N–H and O–H groups in total. The van der Waals surface area contributed by atoms with Crippen molar-refractivity contribution in [1.29, 1.82) is 0 Å². The molecule has 36 heavy (non-hydrogen) atoms. The van der Waals surface area contributed by atoms with Gasteiger partial charge >= 0.3 is 6.18 Å². The van der Waals surface area contributed by atoms with Crippen molar-refractivity contribution in [1.82, 2.24) is 14.9 Å². The van der Waals surface area contributed by atoms with Crippen LogP contribution in [-0.4, -0.2) is 21.3 Å². The number of rotatable bonds is 6. The maximum Gasteiger partial charge on any atom is 0.416 e. The highest BCUT2D eigenvalue weighted by Crippen LogP contribution is 2.43. The molecule has 5 rings (SSSR count). The van der Waals surface area contributed by atoms with Crippen LogP contribution in [0.3, 0.4) is 0 Å². The fraction of sp³-hybridized carbons (Fsp3) is 0.185. The van der Waals surface area contributed by atoms with E-state index in [1.807, 2.05) is 66.4 Å². The van der Waals surface area contributed by atoms with Crippen molar-refractivity contribution in [2.24, 2.45) is 0 Å². The summed E-state index contributed by atoms with van der Waals surface area (Å²) in [5.41, 5.74) is 2.08. The summed E-state index contributed by atoms with van der Waals surface area (Å²) in [6.07, 6.45) is -0.967. The van der Waals surface area contributed by atoms with E-state index in [1.165, 1.54) is 6.07 Å². The minimum atomic E-state index is -4.44. The van der Waals surface area contributed by atoms with Gasteiger partial charge in [-0.1, -0.05) is 12.1 Å². The molecular weight excluding hydrogens is 485 g/mol. The van der Waals surface area contributed by atoms with Crippen LogP contribution in [0.4, 0.5) is 18.9 Å². The Bertz CT molecular complexity index is 1360. The molecule has 0 aliphatic carbocycles. The van der Waals surface area contributed by atoms with Gasteiger partial charge in [0.1, 0.15) is 11.8 Å². The molecule has 1 aliphatic heterocycles. The monoisotopic (exact) mass is 508 g/mol. The molecule has 2 unspecified atom stereocenters. The number of thiocarbonyl (C=S) groups is 1. The standard InChI is InChI=1S/C27H23F3N4OS/c1-2-35-21-13-11-19(12-14-21)34-25(24(32-26(34)36)22-9-3-4-15-31-22)23-10-6-16-33(23)20-8-5-7-18(17-20)27(28,29)30/h3-17,24-25H,2H2,1H3,(H,32,36). The summed E-state index contributed by atoms with van der Waals surface area (Å²) in [4.78, 5) is 6.52. The Kier molecular flexibility index (Phi) is 6.40. The molecule has 5 nitrogen and oxygen atoms in total. The van der Waals surface area contributed by atoms with E-state index in [0.717, 1.165) is 35.0 Å². The first-order chi connectivity index (χ1) is 17.4. The van der Waals surface area contributed by atoms with Gasteiger partial charge in [-0.3, -0.25) is 4.98 Å². The van der Waals surface area contributed by atoms with Crippen LogP contribution in [0.25, 0.3) is 5.69 Å². The van der Waals surface area contributed by atoms with Gasteiger partial charge in [-0.15, -0.1) is 0 Å². The average molecular weight is 509 g/mol. The molecule has 9 heteroatoms. The summed E-state index contributed by atoms with van der Waals surface area (Å²) in [7, 11) is 0. The molecule has 0 spiro atoms. The quantitative estimate of drug-likeness (QED) is 0.303. The predicted octanol–water partition coefficient (Wildman–Crippen LogP) is 6.47. The van der Waals surface area contributed by atoms with Gasteiger partial charge in [0.25, 0.3) is 0 Å². The van der Waals surface area contributed by atoms with Crippen molar-refractivity contribution in [3.05, 3.63) is 108 Å². The van der Waals surface area contributed by atoms with E-state index in [9.17, 15) is 13.2 Å². The molecule has 4 aromatic rings. The first kappa shape index (κ1) is 23.9. The molecule has 0 saturated carbocycles. The molecule has 1 saturated heterocycles. The van der Waals surface area contributed by atoms with Crippen LogP contribution in [0.2, 0.25) is 0 Å². The number of aromatic nitrogens is 2. The zero-order valence-corrected chi connectivity index (χ0v) is 20.1. The molecule has 3 heterocycles. The Morgan fingerprint density at radius 1 is 0.972 bits per heavy atom. The minimum Gasteiger partial charge on any atom is -0.494 e. The Labute approximate surface area is 212 Å². The van der Waals surface area contributed by atoms with Gasteiger partial charge in [-0.2, -0.15) is 13.2 Å². The minimum absolute atomic E-state index is 0.329. The van der Waals surface area contributed by atoms with Crippen LogP contribution >= 0.6 is 12.2 Å². The molecule has 1 aliphatic rings. The van der Waals surface area contributed by atoms with Crippen LogP contribution in [0.15, 0.2) is 91.3 Å². The van der Waals surface area contributed by atoms with E-state index in [1.54, 1.807) is 23.0 Å². The molecule has 0 amide bonds.